The first-order chi connectivity index (χ1) is 10.2. The number of nitrogens with one attached hydrogen (secondary N) is 1. The van der Waals surface area contributed by atoms with Gasteiger partial charge in [-0.2, -0.15) is 0 Å². The number of urea groups is 1. The standard InChI is InChI=1S/C16H23N3O2/c20-14-3-5-16(6-4-14)7-10-19(11-8-16)15(21)18-13-2-1-9-17-12-13/h1-2,9,12,14,20H,3-8,10-11H2,(H,18,21). The average molecular weight is 289 g/mol. The summed E-state index contributed by atoms with van der Waals surface area (Å²) in [6.45, 7) is 1.62. The molecule has 5 nitrogen and oxygen atoms in total. The smallest absolute Gasteiger partial charge is 0.321 e. The molecule has 2 heterocycles. The van der Waals surface area contributed by atoms with Crippen molar-refractivity contribution in [2.75, 3.05) is 18.4 Å². The Morgan fingerprint density at radius 1 is 1.29 bits per heavy atom. The monoisotopic (exact) mass is 289 g/mol. The number of hydrogen-bond acceptors (Lipinski definition) is 3. The van der Waals surface area contributed by atoms with Crippen LogP contribution < -0.4 is 5.32 Å². The molecular formula is C16H23N3O2. The highest BCUT2D eigenvalue weighted by Crippen LogP contribution is 2.44. The molecule has 2 fully saturated rings. The normalized spacial score (nSPS) is 22.2. The fourth-order valence-electron chi connectivity index (χ4n) is 3.54. The molecule has 21 heavy (non-hydrogen) atoms. The Hall–Kier alpha value is -1.62. The van der Waals surface area contributed by atoms with E-state index in [4.69, 9.17) is 0 Å². The number of piperidine rings is 1. The van der Waals surface area contributed by atoms with Gasteiger partial charge in [-0.25, -0.2) is 4.79 Å². The molecule has 0 unspecified atom stereocenters. The van der Waals surface area contributed by atoms with Crippen molar-refractivity contribution in [1.82, 2.24) is 9.88 Å². The lowest BCUT2D eigenvalue weighted by Gasteiger charge is -2.45. The van der Waals surface area contributed by atoms with E-state index < -0.39 is 0 Å². The lowest BCUT2D eigenvalue weighted by molar-refractivity contribution is 0.0263. The molecule has 1 saturated heterocycles. The molecule has 1 aliphatic carbocycles. The number of carbonyl (C=O) groups excluding carboxylic acids is 1. The fraction of sp³-hybridized carbons (Fsp3) is 0.625. The van der Waals surface area contributed by atoms with E-state index in [-0.39, 0.29) is 12.1 Å². The summed E-state index contributed by atoms with van der Waals surface area (Å²) in [7, 11) is 0. The highest BCUT2D eigenvalue weighted by molar-refractivity contribution is 5.89. The van der Waals surface area contributed by atoms with Gasteiger partial charge in [-0.05, 0) is 56.1 Å². The van der Waals surface area contributed by atoms with E-state index >= 15 is 0 Å². The first kappa shape index (κ1) is 14.3. The summed E-state index contributed by atoms with van der Waals surface area (Å²) in [5.41, 5.74) is 1.10. The largest absolute Gasteiger partial charge is 0.393 e. The van der Waals surface area contributed by atoms with Crippen LogP contribution in [0.15, 0.2) is 24.5 Å². The van der Waals surface area contributed by atoms with Gasteiger partial charge < -0.3 is 15.3 Å². The van der Waals surface area contributed by atoms with Crippen molar-refractivity contribution in [2.24, 2.45) is 5.41 Å². The summed E-state index contributed by atoms with van der Waals surface area (Å²) in [6, 6.07) is 3.63. The maximum absolute atomic E-state index is 12.2. The number of likely N-dealkylation sites (tertiary alicyclic amines) is 1. The molecular weight excluding hydrogens is 266 g/mol. The molecule has 0 atom stereocenters. The number of nitrogens with zero attached hydrogens (tertiary/aromatic N) is 2. The third-order valence-electron chi connectivity index (χ3n) is 5.04. The molecule has 2 amide bonds. The Balaban J connectivity index is 1.52. The van der Waals surface area contributed by atoms with Crippen molar-refractivity contribution in [2.45, 2.75) is 44.6 Å². The Kier molecular flexibility index (Phi) is 4.10. The SMILES string of the molecule is O=C(Nc1cccnc1)N1CCC2(CCC(O)CC2)CC1. The molecule has 2 aliphatic rings. The van der Waals surface area contributed by atoms with Crippen LogP contribution in [0.2, 0.25) is 0 Å². The summed E-state index contributed by atoms with van der Waals surface area (Å²) in [5.74, 6) is 0. The van der Waals surface area contributed by atoms with Crippen molar-refractivity contribution >= 4 is 11.7 Å². The number of rotatable bonds is 1. The third-order valence-corrected chi connectivity index (χ3v) is 5.04. The minimum atomic E-state index is -0.109. The van der Waals surface area contributed by atoms with Gasteiger partial charge in [0.25, 0.3) is 0 Å². The fourth-order valence-corrected chi connectivity index (χ4v) is 3.54. The molecule has 3 rings (SSSR count). The summed E-state index contributed by atoms with van der Waals surface area (Å²) in [6.07, 6.45) is 9.40. The van der Waals surface area contributed by atoms with Gasteiger partial charge in [-0.3, -0.25) is 4.98 Å². The van der Waals surface area contributed by atoms with E-state index in [2.05, 4.69) is 10.3 Å². The Morgan fingerprint density at radius 2 is 2.00 bits per heavy atom. The molecule has 0 bridgehead atoms. The number of aliphatic hydroxyl groups excluding tert-OH is 1. The zero-order valence-electron chi connectivity index (χ0n) is 12.3. The summed E-state index contributed by atoms with van der Waals surface area (Å²) in [5, 5.41) is 12.5. The average Bonchev–Trinajstić information content (AvgIpc) is 2.52. The number of hydrogen-bond donors (Lipinski definition) is 2. The van der Waals surface area contributed by atoms with E-state index in [0.29, 0.717) is 5.41 Å². The zero-order valence-corrected chi connectivity index (χ0v) is 12.3. The van der Waals surface area contributed by atoms with Crippen molar-refractivity contribution in [3.63, 3.8) is 0 Å². The van der Waals surface area contributed by atoms with Crippen molar-refractivity contribution in [3.05, 3.63) is 24.5 Å². The lowest BCUT2D eigenvalue weighted by Crippen LogP contribution is -2.46. The van der Waals surface area contributed by atoms with Crippen LogP contribution in [0, 0.1) is 5.41 Å². The van der Waals surface area contributed by atoms with Crippen LogP contribution >= 0.6 is 0 Å². The van der Waals surface area contributed by atoms with Gasteiger partial charge in [0.05, 0.1) is 18.0 Å². The summed E-state index contributed by atoms with van der Waals surface area (Å²) >= 11 is 0. The van der Waals surface area contributed by atoms with Gasteiger partial charge in [-0.15, -0.1) is 0 Å². The Bertz CT molecular complexity index is 474. The highest BCUT2D eigenvalue weighted by atomic mass is 16.3. The van der Waals surface area contributed by atoms with Gasteiger partial charge in [-0.1, -0.05) is 0 Å². The lowest BCUT2D eigenvalue weighted by atomic mass is 9.67. The molecule has 1 aromatic heterocycles. The van der Waals surface area contributed by atoms with Gasteiger partial charge in [0.2, 0.25) is 0 Å². The van der Waals surface area contributed by atoms with Gasteiger partial charge in [0, 0.05) is 19.3 Å². The molecule has 5 heteroatoms. The van der Waals surface area contributed by atoms with Crippen LogP contribution in [0.3, 0.4) is 0 Å². The number of aromatic nitrogens is 1. The number of anilines is 1. The minimum Gasteiger partial charge on any atom is -0.393 e. The first-order valence-corrected chi connectivity index (χ1v) is 7.81. The number of pyridine rings is 1. The van der Waals surface area contributed by atoms with E-state index in [1.807, 2.05) is 17.0 Å². The Labute approximate surface area is 125 Å². The molecule has 1 spiro atoms. The quantitative estimate of drug-likeness (QED) is 0.835. The predicted molar refractivity (Wildman–Crippen MR) is 81.0 cm³/mol. The van der Waals surface area contributed by atoms with Crippen LogP contribution in [-0.2, 0) is 0 Å². The Morgan fingerprint density at radius 3 is 2.62 bits per heavy atom. The van der Waals surface area contributed by atoms with Gasteiger partial charge in [0.1, 0.15) is 0 Å². The van der Waals surface area contributed by atoms with Crippen LogP contribution in [-0.4, -0.2) is 40.2 Å². The number of carbonyl (C=O) groups is 1. The van der Waals surface area contributed by atoms with Crippen LogP contribution in [0.1, 0.15) is 38.5 Å². The summed E-state index contributed by atoms with van der Waals surface area (Å²) in [4.78, 5) is 18.1. The van der Waals surface area contributed by atoms with E-state index in [0.717, 1.165) is 57.3 Å². The van der Waals surface area contributed by atoms with Gasteiger partial charge >= 0.3 is 6.03 Å². The third kappa shape index (κ3) is 3.35. The van der Waals surface area contributed by atoms with Crippen LogP contribution in [0.25, 0.3) is 0 Å². The van der Waals surface area contributed by atoms with E-state index in [1.54, 1.807) is 12.4 Å². The zero-order chi connectivity index (χ0) is 14.7. The molecule has 1 saturated carbocycles. The molecule has 1 aliphatic heterocycles. The molecule has 114 valence electrons. The molecule has 2 N–H and O–H groups in total. The van der Waals surface area contributed by atoms with E-state index in [9.17, 15) is 9.90 Å². The first-order valence-electron chi connectivity index (χ1n) is 7.81. The van der Waals surface area contributed by atoms with Crippen molar-refractivity contribution < 1.29 is 9.90 Å². The van der Waals surface area contributed by atoms with Crippen LogP contribution in [0.4, 0.5) is 10.5 Å². The second-order valence-corrected chi connectivity index (χ2v) is 6.39. The second kappa shape index (κ2) is 6.02. The number of amides is 2. The molecule has 1 aromatic rings. The predicted octanol–water partition coefficient (Wildman–Crippen LogP) is 2.63. The van der Waals surface area contributed by atoms with E-state index in [1.165, 1.54) is 0 Å². The van der Waals surface area contributed by atoms with Crippen molar-refractivity contribution in [1.29, 1.82) is 0 Å². The minimum absolute atomic E-state index is 0.0336. The summed E-state index contributed by atoms with van der Waals surface area (Å²) < 4.78 is 0. The highest BCUT2D eigenvalue weighted by Gasteiger charge is 2.38. The van der Waals surface area contributed by atoms with Gasteiger partial charge in [0.15, 0.2) is 0 Å². The second-order valence-electron chi connectivity index (χ2n) is 6.39. The molecule has 0 aromatic carbocycles. The topological polar surface area (TPSA) is 65.5 Å². The number of aliphatic hydroxyl groups is 1. The maximum Gasteiger partial charge on any atom is 0.321 e. The van der Waals surface area contributed by atoms with Crippen LogP contribution in [0.5, 0.6) is 0 Å². The van der Waals surface area contributed by atoms with Crippen molar-refractivity contribution in [3.8, 4) is 0 Å². The molecule has 0 radical (unpaired) electrons. The maximum atomic E-state index is 12.2.